The second-order valence-corrected chi connectivity index (χ2v) is 10.3. The van der Waals surface area contributed by atoms with Gasteiger partial charge in [-0.15, -0.1) is 0 Å². The van der Waals surface area contributed by atoms with Crippen molar-refractivity contribution in [1.82, 2.24) is 16.0 Å². The lowest BCUT2D eigenvalue weighted by atomic mass is 9.99. The van der Waals surface area contributed by atoms with E-state index in [1.165, 1.54) is 11.8 Å². The van der Waals surface area contributed by atoms with E-state index < -0.39 is 47.5 Å². The van der Waals surface area contributed by atoms with Crippen molar-refractivity contribution in [2.24, 2.45) is 17.6 Å². The van der Waals surface area contributed by atoms with E-state index in [1.54, 1.807) is 34.6 Å². The van der Waals surface area contributed by atoms with Gasteiger partial charge >= 0.3 is 6.09 Å². The average Bonchev–Trinajstić information content (AvgIpc) is 2.59. The van der Waals surface area contributed by atoms with Gasteiger partial charge in [0.2, 0.25) is 17.7 Å². The van der Waals surface area contributed by atoms with Crippen molar-refractivity contribution < 1.29 is 23.9 Å². The fraction of sp³-hybridized carbons (Fsp3) is 0.810. The maximum absolute atomic E-state index is 12.9. The molecule has 4 amide bonds. The van der Waals surface area contributed by atoms with Crippen molar-refractivity contribution in [3.8, 4) is 0 Å². The summed E-state index contributed by atoms with van der Waals surface area (Å²) < 4.78 is 5.25. The van der Waals surface area contributed by atoms with Crippen LogP contribution in [0.1, 0.15) is 61.3 Å². The Bertz CT molecular complexity index is 619. The van der Waals surface area contributed by atoms with Gasteiger partial charge in [0, 0.05) is 0 Å². The van der Waals surface area contributed by atoms with Crippen molar-refractivity contribution >= 4 is 35.6 Å². The van der Waals surface area contributed by atoms with Gasteiger partial charge in [-0.3, -0.25) is 14.4 Å². The Morgan fingerprint density at radius 2 is 1.52 bits per heavy atom. The van der Waals surface area contributed by atoms with E-state index in [0.717, 1.165) is 0 Å². The van der Waals surface area contributed by atoms with Gasteiger partial charge in [0.1, 0.15) is 23.7 Å². The third-order valence-electron chi connectivity index (χ3n) is 4.23. The van der Waals surface area contributed by atoms with Gasteiger partial charge in [-0.05, 0) is 57.5 Å². The summed E-state index contributed by atoms with van der Waals surface area (Å²) in [5.74, 6) is -1.08. The van der Waals surface area contributed by atoms with Crippen molar-refractivity contribution in [2.75, 3.05) is 12.0 Å². The first-order valence-corrected chi connectivity index (χ1v) is 12.0. The number of hydrogen-bond acceptors (Lipinski definition) is 6. The van der Waals surface area contributed by atoms with Crippen LogP contribution in [0.25, 0.3) is 0 Å². The molecule has 3 atom stereocenters. The summed E-state index contributed by atoms with van der Waals surface area (Å²) in [6, 6.07) is -2.57. The zero-order chi connectivity index (χ0) is 24.4. The Morgan fingerprint density at radius 1 is 0.935 bits per heavy atom. The van der Waals surface area contributed by atoms with E-state index >= 15 is 0 Å². The van der Waals surface area contributed by atoms with E-state index in [0.29, 0.717) is 18.6 Å². The van der Waals surface area contributed by atoms with Gasteiger partial charge in [-0.1, -0.05) is 27.7 Å². The summed E-state index contributed by atoms with van der Waals surface area (Å²) in [5, 5.41) is 7.94. The summed E-state index contributed by atoms with van der Waals surface area (Å²) in [6.45, 7) is 12.6. The van der Waals surface area contributed by atoms with Crippen molar-refractivity contribution in [3.63, 3.8) is 0 Å². The highest BCUT2D eigenvalue weighted by atomic mass is 32.2. The number of ether oxygens (including phenoxy) is 1. The van der Waals surface area contributed by atoms with E-state index in [9.17, 15) is 19.2 Å². The van der Waals surface area contributed by atoms with Crippen LogP contribution < -0.4 is 21.7 Å². The topological polar surface area (TPSA) is 140 Å². The number of primary amides is 1. The van der Waals surface area contributed by atoms with Crippen molar-refractivity contribution in [1.29, 1.82) is 0 Å². The Hall–Kier alpha value is -1.97. The Balaban J connectivity index is 5.34. The minimum Gasteiger partial charge on any atom is -0.444 e. The molecule has 0 aliphatic carbocycles. The smallest absolute Gasteiger partial charge is 0.408 e. The molecule has 31 heavy (non-hydrogen) atoms. The first-order chi connectivity index (χ1) is 14.2. The molecular formula is C21H40N4O5S. The first kappa shape index (κ1) is 29.0. The highest BCUT2D eigenvalue weighted by molar-refractivity contribution is 7.98. The molecule has 0 fully saturated rings. The summed E-state index contributed by atoms with van der Waals surface area (Å²) in [6.07, 6.45) is 1.96. The minimum absolute atomic E-state index is 0.152. The van der Waals surface area contributed by atoms with E-state index in [2.05, 4.69) is 16.0 Å². The highest BCUT2D eigenvalue weighted by Gasteiger charge is 2.31. The Labute approximate surface area is 190 Å². The lowest BCUT2D eigenvalue weighted by Crippen LogP contribution is -2.58. The van der Waals surface area contributed by atoms with Gasteiger partial charge in [0.25, 0.3) is 0 Å². The van der Waals surface area contributed by atoms with E-state index in [4.69, 9.17) is 10.5 Å². The second-order valence-electron chi connectivity index (χ2n) is 9.30. The third kappa shape index (κ3) is 12.5. The number of thioether (sulfide) groups is 1. The van der Waals surface area contributed by atoms with Gasteiger partial charge < -0.3 is 26.4 Å². The zero-order valence-corrected chi connectivity index (χ0v) is 20.9. The lowest BCUT2D eigenvalue weighted by Gasteiger charge is -2.28. The molecule has 0 unspecified atom stereocenters. The molecule has 5 N–H and O–H groups in total. The number of nitrogens with two attached hydrogens (primary N) is 1. The van der Waals surface area contributed by atoms with Crippen LogP contribution in [-0.4, -0.2) is 59.5 Å². The van der Waals surface area contributed by atoms with Crippen LogP contribution in [0, 0.1) is 11.8 Å². The zero-order valence-electron chi connectivity index (χ0n) is 20.0. The Kier molecular flexibility index (Phi) is 12.6. The molecule has 0 aliphatic rings. The quantitative estimate of drug-likeness (QED) is 0.350. The fourth-order valence-electron chi connectivity index (χ4n) is 2.72. The van der Waals surface area contributed by atoms with Crippen LogP contribution >= 0.6 is 11.8 Å². The van der Waals surface area contributed by atoms with Crippen LogP contribution in [-0.2, 0) is 19.1 Å². The van der Waals surface area contributed by atoms with Crippen molar-refractivity contribution in [2.45, 2.75) is 85.0 Å². The molecule has 10 heteroatoms. The van der Waals surface area contributed by atoms with Crippen LogP contribution in [0.4, 0.5) is 4.79 Å². The van der Waals surface area contributed by atoms with Crippen LogP contribution in [0.5, 0.6) is 0 Å². The third-order valence-corrected chi connectivity index (χ3v) is 4.88. The predicted molar refractivity (Wildman–Crippen MR) is 124 cm³/mol. The number of carbonyl (C=O) groups is 4. The summed E-state index contributed by atoms with van der Waals surface area (Å²) >= 11 is 1.53. The molecule has 0 aliphatic heterocycles. The molecule has 0 saturated heterocycles. The fourth-order valence-corrected chi connectivity index (χ4v) is 3.19. The van der Waals surface area contributed by atoms with Crippen LogP contribution in [0.15, 0.2) is 0 Å². The van der Waals surface area contributed by atoms with Crippen LogP contribution in [0.2, 0.25) is 0 Å². The number of alkyl carbamates (subject to hydrolysis) is 1. The number of amides is 4. The second kappa shape index (κ2) is 13.4. The molecule has 9 nitrogen and oxygen atoms in total. The molecule has 0 aromatic carbocycles. The average molecular weight is 461 g/mol. The molecule has 0 radical (unpaired) electrons. The maximum Gasteiger partial charge on any atom is 0.408 e. The molecule has 0 heterocycles. The number of carbonyl (C=O) groups excluding carboxylic acids is 4. The van der Waals surface area contributed by atoms with Gasteiger partial charge in [0.05, 0.1) is 0 Å². The molecular weight excluding hydrogens is 420 g/mol. The van der Waals surface area contributed by atoms with Crippen molar-refractivity contribution in [3.05, 3.63) is 0 Å². The predicted octanol–water partition coefficient (Wildman–Crippen LogP) is 1.79. The standard InChI is InChI=1S/C21H40N4O5S/c1-12(2)11-15(17(22)26)23-19(28)16(13(3)4)25-18(27)14(9-10-31-8)24-20(29)30-21(5,6)7/h12-16H,9-11H2,1-8H3,(H2,22,26)(H,23,28)(H,24,29)(H,25,27)/t14-,15-,16-/m0/s1. The molecule has 0 rings (SSSR count). The molecule has 0 aromatic rings. The molecule has 180 valence electrons. The highest BCUT2D eigenvalue weighted by Crippen LogP contribution is 2.10. The maximum atomic E-state index is 12.9. The largest absolute Gasteiger partial charge is 0.444 e. The number of rotatable bonds is 12. The first-order valence-electron chi connectivity index (χ1n) is 10.6. The summed E-state index contributed by atoms with van der Waals surface area (Å²) in [7, 11) is 0. The normalized spacial score (nSPS) is 14.5. The Morgan fingerprint density at radius 3 is 1.94 bits per heavy atom. The van der Waals surface area contributed by atoms with Gasteiger partial charge in [-0.25, -0.2) is 4.79 Å². The molecule has 0 saturated carbocycles. The summed E-state index contributed by atoms with van der Waals surface area (Å²) in [5.41, 5.74) is 4.71. The summed E-state index contributed by atoms with van der Waals surface area (Å²) in [4.78, 5) is 49.6. The minimum atomic E-state index is -0.890. The van der Waals surface area contributed by atoms with E-state index in [1.807, 2.05) is 20.1 Å². The monoisotopic (exact) mass is 460 g/mol. The SMILES string of the molecule is CSCC[C@H](NC(=O)OC(C)(C)C)C(=O)N[C@H](C(=O)N[C@@H](CC(C)C)C(N)=O)C(C)C. The van der Waals surface area contributed by atoms with Crippen LogP contribution in [0.3, 0.4) is 0 Å². The number of hydrogen-bond donors (Lipinski definition) is 4. The molecule has 0 spiro atoms. The molecule has 0 bridgehead atoms. The van der Waals surface area contributed by atoms with Gasteiger partial charge in [0.15, 0.2) is 0 Å². The number of nitrogens with one attached hydrogen (secondary N) is 3. The molecule has 0 aromatic heterocycles. The van der Waals surface area contributed by atoms with E-state index in [-0.39, 0.29) is 11.8 Å². The van der Waals surface area contributed by atoms with Gasteiger partial charge in [-0.2, -0.15) is 11.8 Å². The lowest BCUT2D eigenvalue weighted by molar-refractivity contribution is -0.133.